The fraction of sp³-hybridized carbons (Fsp3) is 0.538. The first kappa shape index (κ1) is 15.6. The maximum Gasteiger partial charge on any atom is 0.246 e. The molecule has 2 heterocycles. The van der Waals surface area contributed by atoms with Crippen LogP contribution in [-0.4, -0.2) is 31.9 Å². The van der Waals surface area contributed by atoms with Crippen LogP contribution < -0.4 is 5.32 Å². The molecule has 0 aromatic carbocycles. The lowest BCUT2D eigenvalue weighted by Crippen LogP contribution is -2.25. The fourth-order valence-corrected chi connectivity index (χ4v) is 2.39. The highest BCUT2D eigenvalue weighted by Gasteiger charge is 2.13. The zero-order valence-electron chi connectivity index (χ0n) is 12.4. The predicted molar refractivity (Wildman–Crippen MR) is 79.7 cm³/mol. The Morgan fingerprint density at radius 1 is 1.57 bits per heavy atom. The number of amides is 1. The first-order valence-corrected chi connectivity index (χ1v) is 8.06. The summed E-state index contributed by atoms with van der Waals surface area (Å²) in [5, 5.41) is 6.62. The molecule has 0 aliphatic rings. The summed E-state index contributed by atoms with van der Waals surface area (Å²) in [5.41, 5.74) is 0. The lowest BCUT2D eigenvalue weighted by atomic mass is 10.2. The largest absolute Gasteiger partial charge is 0.347 e. The summed E-state index contributed by atoms with van der Waals surface area (Å²) in [5.74, 6) is 2.62. The number of imidazole rings is 1. The average molecular weight is 309 g/mol. The van der Waals surface area contributed by atoms with Gasteiger partial charge in [0.25, 0.3) is 0 Å². The van der Waals surface area contributed by atoms with Gasteiger partial charge in [-0.25, -0.2) is 4.98 Å². The Balaban J connectivity index is 1.80. The number of carbonyl (C=O) groups is 1. The molecular formula is C13H19N5O2S. The predicted octanol–water partition coefficient (Wildman–Crippen LogP) is 1.71. The van der Waals surface area contributed by atoms with Gasteiger partial charge in [-0.1, -0.05) is 5.16 Å². The molecule has 0 aliphatic carbocycles. The molecule has 0 bridgehead atoms. The van der Waals surface area contributed by atoms with Gasteiger partial charge in [-0.05, 0) is 20.1 Å². The number of aryl methyl sites for hydroxylation is 1. The Labute approximate surface area is 127 Å². The Kier molecular flexibility index (Phi) is 5.38. The van der Waals surface area contributed by atoms with Crippen molar-refractivity contribution in [2.45, 2.75) is 38.6 Å². The maximum atomic E-state index is 11.9. The molecule has 2 aromatic rings. The summed E-state index contributed by atoms with van der Waals surface area (Å²) in [4.78, 5) is 20.3. The molecule has 8 heteroatoms. The van der Waals surface area contributed by atoms with E-state index in [-0.39, 0.29) is 18.5 Å². The molecule has 0 aliphatic heterocycles. The highest BCUT2D eigenvalue weighted by molar-refractivity contribution is 7.97. The smallest absolute Gasteiger partial charge is 0.246 e. The summed E-state index contributed by atoms with van der Waals surface area (Å²) in [6.07, 6.45) is 5.95. The number of carbonyl (C=O) groups excluding carboxylic acids is 1. The van der Waals surface area contributed by atoms with Crippen molar-refractivity contribution in [3.05, 3.63) is 29.9 Å². The fourth-order valence-electron chi connectivity index (χ4n) is 2.02. The minimum absolute atomic E-state index is 0.0554. The molecule has 2 rings (SSSR count). The SMILES string of the molecule is CSCc1noc(CNC(=O)CC(C)n2ccnc2C)n1. The number of thioether (sulfide) groups is 1. The van der Waals surface area contributed by atoms with Gasteiger partial charge >= 0.3 is 0 Å². The van der Waals surface area contributed by atoms with Crippen molar-refractivity contribution >= 4 is 17.7 Å². The average Bonchev–Trinajstić information content (AvgIpc) is 3.06. The Morgan fingerprint density at radius 2 is 2.38 bits per heavy atom. The Morgan fingerprint density at radius 3 is 3.05 bits per heavy atom. The summed E-state index contributed by atoms with van der Waals surface area (Å²) in [6, 6.07) is 0.0576. The van der Waals surface area contributed by atoms with Gasteiger partial charge in [0, 0.05) is 24.9 Å². The summed E-state index contributed by atoms with van der Waals surface area (Å²) in [6.45, 7) is 4.16. The van der Waals surface area contributed by atoms with E-state index in [1.54, 1.807) is 18.0 Å². The maximum absolute atomic E-state index is 11.9. The number of hydrogen-bond acceptors (Lipinski definition) is 6. The molecule has 21 heavy (non-hydrogen) atoms. The minimum atomic E-state index is -0.0554. The molecular weight excluding hydrogens is 290 g/mol. The quantitative estimate of drug-likeness (QED) is 0.838. The summed E-state index contributed by atoms with van der Waals surface area (Å²) in [7, 11) is 0. The van der Waals surface area contributed by atoms with Gasteiger partial charge in [0.15, 0.2) is 5.82 Å². The minimum Gasteiger partial charge on any atom is -0.347 e. The number of aromatic nitrogens is 4. The second-order valence-corrected chi connectivity index (χ2v) is 5.61. The third-order valence-corrected chi connectivity index (χ3v) is 3.59. The summed E-state index contributed by atoms with van der Waals surface area (Å²) >= 11 is 1.62. The van der Waals surface area contributed by atoms with Crippen LogP contribution in [0.25, 0.3) is 0 Å². The first-order valence-electron chi connectivity index (χ1n) is 6.66. The van der Waals surface area contributed by atoms with Crippen molar-refractivity contribution in [2.24, 2.45) is 0 Å². The van der Waals surface area contributed by atoms with Gasteiger partial charge < -0.3 is 14.4 Å². The molecule has 0 spiro atoms. The Bertz CT molecular complexity index is 595. The molecule has 114 valence electrons. The van der Waals surface area contributed by atoms with E-state index in [2.05, 4.69) is 20.4 Å². The molecule has 0 saturated heterocycles. The molecule has 7 nitrogen and oxygen atoms in total. The van der Waals surface area contributed by atoms with Crippen molar-refractivity contribution < 1.29 is 9.32 Å². The molecule has 1 N–H and O–H groups in total. The van der Waals surface area contributed by atoms with E-state index in [4.69, 9.17) is 4.52 Å². The van der Waals surface area contributed by atoms with Crippen molar-refractivity contribution in [2.75, 3.05) is 6.26 Å². The van der Waals surface area contributed by atoms with Gasteiger partial charge in [0.2, 0.25) is 11.8 Å². The zero-order valence-corrected chi connectivity index (χ0v) is 13.2. The first-order chi connectivity index (χ1) is 10.1. The zero-order chi connectivity index (χ0) is 15.2. The topological polar surface area (TPSA) is 85.8 Å². The van der Waals surface area contributed by atoms with Crippen LogP contribution in [0.1, 0.15) is 36.9 Å². The highest BCUT2D eigenvalue weighted by atomic mass is 32.2. The van der Waals surface area contributed by atoms with Gasteiger partial charge in [-0.2, -0.15) is 16.7 Å². The molecule has 1 atom stereocenters. The number of hydrogen-bond donors (Lipinski definition) is 1. The van der Waals surface area contributed by atoms with Gasteiger partial charge in [-0.15, -0.1) is 0 Å². The van der Waals surface area contributed by atoms with Gasteiger partial charge in [-0.3, -0.25) is 4.79 Å². The number of rotatable bonds is 7. The van der Waals surface area contributed by atoms with Gasteiger partial charge in [0.05, 0.1) is 12.3 Å². The van der Waals surface area contributed by atoms with Crippen molar-refractivity contribution in [1.29, 1.82) is 0 Å². The van der Waals surface area contributed by atoms with Crippen molar-refractivity contribution in [1.82, 2.24) is 25.0 Å². The molecule has 2 aromatic heterocycles. The number of nitrogens with zero attached hydrogens (tertiary/aromatic N) is 4. The van der Waals surface area contributed by atoms with E-state index < -0.39 is 0 Å². The van der Waals surface area contributed by atoms with Crippen LogP contribution in [0.3, 0.4) is 0 Å². The molecule has 0 fully saturated rings. The van der Waals surface area contributed by atoms with Crippen LogP contribution >= 0.6 is 11.8 Å². The van der Waals surface area contributed by atoms with E-state index in [0.29, 0.717) is 23.9 Å². The van der Waals surface area contributed by atoms with Crippen LogP contribution in [0.4, 0.5) is 0 Å². The molecule has 1 unspecified atom stereocenters. The van der Waals surface area contributed by atoms with Crippen molar-refractivity contribution in [3.8, 4) is 0 Å². The highest BCUT2D eigenvalue weighted by Crippen LogP contribution is 2.12. The third kappa shape index (κ3) is 4.32. The van der Waals surface area contributed by atoms with Crippen LogP contribution in [-0.2, 0) is 17.1 Å². The standard InChI is InChI=1S/C13H19N5O2S/c1-9(18-5-4-14-10(18)2)6-12(19)15-7-13-16-11(8-21-3)17-20-13/h4-5,9H,6-8H2,1-3H3,(H,15,19). The van der Waals surface area contributed by atoms with E-state index in [1.165, 1.54) is 0 Å². The van der Waals surface area contributed by atoms with E-state index >= 15 is 0 Å². The third-order valence-electron chi connectivity index (χ3n) is 3.04. The summed E-state index contributed by atoms with van der Waals surface area (Å²) < 4.78 is 7.03. The lowest BCUT2D eigenvalue weighted by molar-refractivity contribution is -0.122. The lowest BCUT2D eigenvalue weighted by Gasteiger charge is -2.14. The molecule has 0 saturated carbocycles. The van der Waals surface area contributed by atoms with Crippen LogP contribution in [0, 0.1) is 6.92 Å². The monoisotopic (exact) mass is 309 g/mol. The van der Waals surface area contributed by atoms with Crippen LogP contribution in [0.5, 0.6) is 0 Å². The Hall–Kier alpha value is -1.83. The number of nitrogens with one attached hydrogen (secondary N) is 1. The normalized spacial score (nSPS) is 12.3. The second-order valence-electron chi connectivity index (χ2n) is 4.75. The second kappa shape index (κ2) is 7.26. The van der Waals surface area contributed by atoms with E-state index in [0.717, 1.165) is 5.82 Å². The van der Waals surface area contributed by atoms with E-state index in [9.17, 15) is 4.79 Å². The molecule has 1 amide bonds. The molecule has 0 radical (unpaired) electrons. The van der Waals surface area contributed by atoms with Crippen LogP contribution in [0.15, 0.2) is 16.9 Å². The van der Waals surface area contributed by atoms with Crippen molar-refractivity contribution in [3.63, 3.8) is 0 Å². The van der Waals surface area contributed by atoms with Crippen LogP contribution in [0.2, 0.25) is 0 Å². The van der Waals surface area contributed by atoms with E-state index in [1.807, 2.05) is 30.9 Å². The van der Waals surface area contributed by atoms with Gasteiger partial charge in [0.1, 0.15) is 5.82 Å².